The molecule has 2 nitrogen and oxygen atoms in total. The van der Waals surface area contributed by atoms with E-state index < -0.39 is 0 Å². The average Bonchev–Trinajstić information content (AvgIpc) is 2.30. The second kappa shape index (κ2) is 4.66. The summed E-state index contributed by atoms with van der Waals surface area (Å²) in [4.78, 5) is 2.69. The number of aliphatic hydroxyl groups is 1. The number of hydrogen-bond donors (Lipinski definition) is 1. The van der Waals surface area contributed by atoms with Gasteiger partial charge in [0.1, 0.15) is 0 Å². The molecule has 0 unspecified atom stereocenters. The molecule has 0 radical (unpaired) electrons. The van der Waals surface area contributed by atoms with Crippen LogP contribution in [0.3, 0.4) is 0 Å². The highest BCUT2D eigenvalue weighted by molar-refractivity contribution is 4.95. The summed E-state index contributed by atoms with van der Waals surface area (Å²) in [5.74, 6) is 1.24. The second-order valence-electron chi connectivity index (χ2n) is 6.09. The summed E-state index contributed by atoms with van der Waals surface area (Å²) in [5.41, 5.74) is 0. The first-order valence-corrected chi connectivity index (χ1v) is 7.28. The van der Waals surface area contributed by atoms with Crippen LogP contribution in [0, 0.1) is 11.8 Å². The van der Waals surface area contributed by atoms with Crippen molar-refractivity contribution in [3.63, 3.8) is 0 Å². The van der Waals surface area contributed by atoms with Crippen molar-refractivity contribution in [3.8, 4) is 0 Å². The zero-order valence-corrected chi connectivity index (χ0v) is 10.3. The van der Waals surface area contributed by atoms with E-state index in [1.54, 1.807) is 0 Å². The van der Waals surface area contributed by atoms with E-state index in [1.807, 2.05) is 0 Å². The van der Waals surface area contributed by atoms with Crippen LogP contribution in [-0.4, -0.2) is 35.2 Å². The number of fused-ring (bicyclic) bond motifs is 2. The average molecular weight is 223 g/mol. The maximum atomic E-state index is 10.4. The first kappa shape index (κ1) is 11.0. The van der Waals surface area contributed by atoms with Crippen LogP contribution >= 0.6 is 0 Å². The van der Waals surface area contributed by atoms with Gasteiger partial charge in [-0.2, -0.15) is 0 Å². The van der Waals surface area contributed by atoms with Crippen LogP contribution in [-0.2, 0) is 0 Å². The summed E-state index contributed by atoms with van der Waals surface area (Å²) < 4.78 is 0. The first-order chi connectivity index (χ1) is 7.86. The Labute approximate surface area is 99.0 Å². The molecule has 4 atom stereocenters. The third kappa shape index (κ3) is 1.91. The van der Waals surface area contributed by atoms with Gasteiger partial charge in [0.25, 0.3) is 0 Å². The number of hydrogen-bond acceptors (Lipinski definition) is 2. The Hall–Kier alpha value is -0.0800. The number of rotatable bonds is 1. The molecule has 2 bridgehead atoms. The molecule has 0 aromatic carbocycles. The minimum Gasteiger partial charge on any atom is -0.392 e. The number of nitrogens with zero attached hydrogens (tertiary/aromatic N) is 1. The molecular formula is C14H25NO. The zero-order valence-electron chi connectivity index (χ0n) is 10.3. The Morgan fingerprint density at radius 1 is 0.812 bits per heavy atom. The molecule has 2 heteroatoms. The van der Waals surface area contributed by atoms with Gasteiger partial charge in [0.05, 0.1) is 6.10 Å². The predicted molar refractivity (Wildman–Crippen MR) is 65.3 cm³/mol. The van der Waals surface area contributed by atoms with Crippen LogP contribution in [0.25, 0.3) is 0 Å². The van der Waals surface area contributed by atoms with Gasteiger partial charge in [-0.15, -0.1) is 0 Å². The summed E-state index contributed by atoms with van der Waals surface area (Å²) in [6, 6.07) is 0.715. The maximum absolute atomic E-state index is 10.4. The highest BCUT2D eigenvalue weighted by Crippen LogP contribution is 2.42. The van der Waals surface area contributed by atoms with Crippen molar-refractivity contribution in [2.24, 2.45) is 11.8 Å². The van der Waals surface area contributed by atoms with E-state index >= 15 is 0 Å². The van der Waals surface area contributed by atoms with Gasteiger partial charge in [-0.05, 0) is 57.5 Å². The summed E-state index contributed by atoms with van der Waals surface area (Å²) in [5, 5.41) is 10.4. The normalized spacial score (nSPS) is 45.6. The zero-order chi connectivity index (χ0) is 11.0. The SMILES string of the molecule is O[C@H]1[C@H]2CCC[C@H]1[C@H](N1CCCCC1)CC2. The topological polar surface area (TPSA) is 23.5 Å². The van der Waals surface area contributed by atoms with Crippen LogP contribution in [0.4, 0.5) is 0 Å². The van der Waals surface area contributed by atoms with Crippen molar-refractivity contribution < 1.29 is 5.11 Å². The van der Waals surface area contributed by atoms with Crippen molar-refractivity contribution in [2.75, 3.05) is 13.1 Å². The van der Waals surface area contributed by atoms with Gasteiger partial charge >= 0.3 is 0 Å². The summed E-state index contributed by atoms with van der Waals surface area (Å²) in [7, 11) is 0. The Kier molecular flexibility index (Phi) is 3.21. The molecule has 2 aliphatic carbocycles. The molecule has 0 aromatic rings. The van der Waals surface area contributed by atoms with Crippen molar-refractivity contribution in [1.82, 2.24) is 4.90 Å². The minimum absolute atomic E-state index is 0.0226. The van der Waals surface area contributed by atoms with Crippen molar-refractivity contribution >= 4 is 0 Å². The van der Waals surface area contributed by atoms with Crippen molar-refractivity contribution in [2.45, 2.75) is 63.5 Å². The molecule has 0 aromatic heterocycles. The van der Waals surface area contributed by atoms with E-state index in [0.717, 1.165) is 0 Å². The van der Waals surface area contributed by atoms with Gasteiger partial charge in [0.2, 0.25) is 0 Å². The van der Waals surface area contributed by atoms with E-state index in [0.29, 0.717) is 17.9 Å². The fourth-order valence-electron chi connectivity index (χ4n) is 4.34. The van der Waals surface area contributed by atoms with E-state index in [4.69, 9.17) is 0 Å². The standard InChI is InChI=1S/C14H25NO/c16-14-11-5-4-6-12(14)13(8-7-11)15-9-2-1-3-10-15/h11-14,16H,1-10H2/t11-,12-,13+,14-/m0/s1. The Morgan fingerprint density at radius 3 is 2.44 bits per heavy atom. The van der Waals surface area contributed by atoms with E-state index in [9.17, 15) is 5.11 Å². The molecule has 0 amide bonds. The van der Waals surface area contributed by atoms with Crippen molar-refractivity contribution in [1.29, 1.82) is 0 Å². The van der Waals surface area contributed by atoms with Gasteiger partial charge < -0.3 is 10.0 Å². The van der Waals surface area contributed by atoms with Gasteiger partial charge in [-0.3, -0.25) is 0 Å². The molecule has 3 aliphatic rings. The molecule has 2 saturated carbocycles. The van der Waals surface area contributed by atoms with Crippen LogP contribution in [0.5, 0.6) is 0 Å². The maximum Gasteiger partial charge on any atom is 0.0611 e. The minimum atomic E-state index is 0.0226. The second-order valence-corrected chi connectivity index (χ2v) is 6.09. The Balaban J connectivity index is 1.69. The van der Waals surface area contributed by atoms with Crippen LogP contribution in [0.1, 0.15) is 51.4 Å². The summed E-state index contributed by atoms with van der Waals surface area (Å²) >= 11 is 0. The van der Waals surface area contributed by atoms with Gasteiger partial charge in [-0.1, -0.05) is 12.8 Å². The lowest BCUT2D eigenvalue weighted by molar-refractivity contribution is -0.0659. The van der Waals surface area contributed by atoms with Crippen molar-refractivity contribution in [3.05, 3.63) is 0 Å². The summed E-state index contributed by atoms with van der Waals surface area (Å²) in [6.07, 6.45) is 10.7. The number of piperidine rings is 1. The number of aliphatic hydroxyl groups excluding tert-OH is 1. The lowest BCUT2D eigenvalue weighted by Crippen LogP contribution is -2.53. The molecule has 1 aliphatic heterocycles. The molecule has 1 saturated heterocycles. The Bertz CT molecular complexity index is 237. The van der Waals surface area contributed by atoms with E-state index in [-0.39, 0.29) is 6.10 Å². The first-order valence-electron chi connectivity index (χ1n) is 7.28. The molecular weight excluding hydrogens is 198 g/mol. The van der Waals surface area contributed by atoms with Gasteiger partial charge in [-0.25, -0.2) is 0 Å². The summed E-state index contributed by atoms with van der Waals surface area (Å²) in [6.45, 7) is 2.58. The molecule has 3 fully saturated rings. The lowest BCUT2D eigenvalue weighted by Gasteiger charge is -2.49. The van der Waals surface area contributed by atoms with E-state index in [2.05, 4.69) is 4.90 Å². The quantitative estimate of drug-likeness (QED) is 0.738. The van der Waals surface area contributed by atoms with Gasteiger partial charge in [0.15, 0.2) is 0 Å². The van der Waals surface area contributed by atoms with Crippen LogP contribution in [0.15, 0.2) is 0 Å². The number of likely N-dealkylation sites (tertiary alicyclic amines) is 1. The predicted octanol–water partition coefficient (Wildman–Crippen LogP) is 2.41. The molecule has 1 heterocycles. The van der Waals surface area contributed by atoms with Gasteiger partial charge in [0, 0.05) is 12.0 Å². The van der Waals surface area contributed by atoms with E-state index in [1.165, 1.54) is 64.5 Å². The highest BCUT2D eigenvalue weighted by atomic mass is 16.3. The lowest BCUT2D eigenvalue weighted by atomic mass is 9.67. The fourth-order valence-corrected chi connectivity index (χ4v) is 4.34. The smallest absolute Gasteiger partial charge is 0.0611 e. The molecule has 1 N–H and O–H groups in total. The fraction of sp³-hybridized carbons (Fsp3) is 1.00. The highest BCUT2D eigenvalue weighted by Gasteiger charge is 2.42. The molecule has 0 spiro atoms. The largest absolute Gasteiger partial charge is 0.392 e. The molecule has 16 heavy (non-hydrogen) atoms. The third-order valence-corrected chi connectivity index (χ3v) is 5.22. The monoisotopic (exact) mass is 223 g/mol. The molecule has 3 rings (SSSR count). The molecule has 92 valence electrons. The third-order valence-electron chi connectivity index (χ3n) is 5.22. The van der Waals surface area contributed by atoms with Crippen LogP contribution < -0.4 is 0 Å². The van der Waals surface area contributed by atoms with Crippen LogP contribution in [0.2, 0.25) is 0 Å². The Morgan fingerprint density at radius 2 is 1.62 bits per heavy atom.